The molecule has 0 saturated carbocycles. The van der Waals surface area contributed by atoms with E-state index in [-0.39, 0.29) is 11.3 Å². The summed E-state index contributed by atoms with van der Waals surface area (Å²) >= 11 is 1.45. The third-order valence-electron chi connectivity index (χ3n) is 3.91. The smallest absolute Gasteiger partial charge is 0.266 e. The Balaban J connectivity index is 1.94. The number of nitrogens with two attached hydrogens (primary N) is 1. The minimum absolute atomic E-state index is 0.0662. The number of hydrogen-bond donors (Lipinski definition) is 1. The number of pyridine rings is 1. The summed E-state index contributed by atoms with van der Waals surface area (Å²) in [4.78, 5) is 19.4. The minimum atomic E-state index is 0.0662. The zero-order valence-electron chi connectivity index (χ0n) is 11.8. The molecule has 0 atom stereocenters. The summed E-state index contributed by atoms with van der Waals surface area (Å²) in [5, 5.41) is 0.935. The van der Waals surface area contributed by atoms with Gasteiger partial charge in [0.15, 0.2) is 0 Å². The molecule has 3 heterocycles. The summed E-state index contributed by atoms with van der Waals surface area (Å²) in [7, 11) is 0. The van der Waals surface area contributed by atoms with Crippen molar-refractivity contribution in [1.82, 2.24) is 9.88 Å². The normalized spacial score (nSPS) is 18.4. The van der Waals surface area contributed by atoms with Crippen molar-refractivity contribution in [1.29, 1.82) is 0 Å². The number of carbonyl (C=O) groups excluding carboxylic acids is 1. The predicted octanol–water partition coefficient (Wildman–Crippen LogP) is 3.14. The number of fused-ring (bicyclic) bond motifs is 1. The lowest BCUT2D eigenvalue weighted by atomic mass is 9.84. The van der Waals surface area contributed by atoms with Crippen molar-refractivity contribution < 1.29 is 4.79 Å². The van der Waals surface area contributed by atoms with Gasteiger partial charge in [-0.05, 0) is 24.3 Å². The molecule has 0 unspecified atom stereocenters. The lowest BCUT2D eigenvalue weighted by Gasteiger charge is -2.37. The number of amides is 1. The highest BCUT2D eigenvalue weighted by Crippen LogP contribution is 2.35. The molecule has 2 N–H and O–H groups in total. The van der Waals surface area contributed by atoms with E-state index in [0.29, 0.717) is 10.6 Å². The molecule has 3 rings (SSSR count). The Morgan fingerprint density at radius 1 is 1.50 bits per heavy atom. The molecule has 1 saturated heterocycles. The van der Waals surface area contributed by atoms with Gasteiger partial charge in [-0.1, -0.05) is 13.8 Å². The predicted molar refractivity (Wildman–Crippen MR) is 83.0 cm³/mol. The van der Waals surface area contributed by atoms with Gasteiger partial charge in [0.1, 0.15) is 4.88 Å². The van der Waals surface area contributed by atoms with E-state index in [0.717, 1.165) is 29.6 Å². The second-order valence-electron chi connectivity index (χ2n) is 6.21. The van der Waals surface area contributed by atoms with Crippen molar-refractivity contribution in [3.8, 4) is 0 Å². The number of anilines is 1. The molecule has 4 nitrogen and oxygen atoms in total. The van der Waals surface area contributed by atoms with E-state index in [1.807, 2.05) is 11.0 Å². The largest absolute Gasteiger partial charge is 0.397 e. The molecule has 1 aliphatic rings. The average Bonchev–Trinajstić information content (AvgIpc) is 2.75. The van der Waals surface area contributed by atoms with Crippen molar-refractivity contribution in [2.45, 2.75) is 26.7 Å². The minimum Gasteiger partial charge on any atom is -0.397 e. The summed E-state index contributed by atoms with van der Waals surface area (Å²) in [6.45, 7) is 6.06. The molecule has 0 spiro atoms. The molecule has 0 bridgehead atoms. The molecule has 106 valence electrons. The van der Waals surface area contributed by atoms with Crippen LogP contribution in [0.2, 0.25) is 0 Å². The second-order valence-corrected chi connectivity index (χ2v) is 7.26. The standard InChI is InChI=1S/C15H19N3OS/c1-15(2)5-3-7-18(9-15)14(19)13-12(16)10-4-6-17-8-11(10)20-13/h4,6,8H,3,5,7,9,16H2,1-2H3. The number of hydrogen-bond acceptors (Lipinski definition) is 4. The van der Waals surface area contributed by atoms with E-state index in [9.17, 15) is 4.79 Å². The van der Waals surface area contributed by atoms with Crippen molar-refractivity contribution in [2.24, 2.45) is 5.41 Å². The molecule has 1 amide bonds. The van der Waals surface area contributed by atoms with Crippen LogP contribution in [0.15, 0.2) is 18.5 Å². The van der Waals surface area contributed by atoms with E-state index in [1.54, 1.807) is 12.4 Å². The van der Waals surface area contributed by atoms with E-state index >= 15 is 0 Å². The van der Waals surface area contributed by atoms with E-state index in [1.165, 1.54) is 17.8 Å². The van der Waals surface area contributed by atoms with Crippen LogP contribution in [0, 0.1) is 5.41 Å². The first-order chi connectivity index (χ1) is 9.48. The van der Waals surface area contributed by atoms with Crippen LogP contribution in [0.4, 0.5) is 5.69 Å². The van der Waals surface area contributed by atoms with Crippen molar-refractivity contribution >= 4 is 33.0 Å². The van der Waals surface area contributed by atoms with Crippen LogP contribution in [0.25, 0.3) is 10.1 Å². The first-order valence-electron chi connectivity index (χ1n) is 6.89. The zero-order valence-corrected chi connectivity index (χ0v) is 12.7. The van der Waals surface area contributed by atoms with Crippen molar-refractivity contribution in [2.75, 3.05) is 18.8 Å². The van der Waals surface area contributed by atoms with Gasteiger partial charge in [0, 0.05) is 30.9 Å². The molecule has 20 heavy (non-hydrogen) atoms. The lowest BCUT2D eigenvalue weighted by molar-refractivity contribution is 0.0589. The molecular weight excluding hydrogens is 270 g/mol. The van der Waals surface area contributed by atoms with Crippen molar-refractivity contribution in [3.05, 3.63) is 23.3 Å². The van der Waals surface area contributed by atoms with Crippen LogP contribution in [0.5, 0.6) is 0 Å². The summed E-state index contributed by atoms with van der Waals surface area (Å²) in [6.07, 6.45) is 5.71. The van der Waals surface area contributed by atoms with Gasteiger partial charge in [0.25, 0.3) is 5.91 Å². The Morgan fingerprint density at radius 2 is 2.30 bits per heavy atom. The maximum Gasteiger partial charge on any atom is 0.266 e. The SMILES string of the molecule is CC1(C)CCCN(C(=O)c2sc3cnccc3c2N)C1. The fourth-order valence-corrected chi connectivity index (χ4v) is 3.93. The van der Waals surface area contributed by atoms with Crippen LogP contribution in [-0.2, 0) is 0 Å². The first-order valence-corrected chi connectivity index (χ1v) is 7.71. The maximum absolute atomic E-state index is 12.7. The molecular formula is C15H19N3OS. The third kappa shape index (κ3) is 2.26. The van der Waals surface area contributed by atoms with E-state index < -0.39 is 0 Å². The van der Waals surface area contributed by atoms with Crippen LogP contribution in [-0.4, -0.2) is 28.9 Å². The molecule has 2 aromatic rings. The van der Waals surface area contributed by atoms with Gasteiger partial charge in [-0.3, -0.25) is 9.78 Å². The fraction of sp³-hybridized carbons (Fsp3) is 0.467. The highest BCUT2D eigenvalue weighted by Gasteiger charge is 2.31. The highest BCUT2D eigenvalue weighted by atomic mass is 32.1. The van der Waals surface area contributed by atoms with Gasteiger partial charge in [-0.25, -0.2) is 0 Å². The molecule has 5 heteroatoms. The first kappa shape index (κ1) is 13.4. The second kappa shape index (κ2) is 4.74. The van der Waals surface area contributed by atoms with Crippen molar-refractivity contribution in [3.63, 3.8) is 0 Å². The monoisotopic (exact) mass is 289 g/mol. The summed E-state index contributed by atoms with van der Waals surface area (Å²) in [5.74, 6) is 0.0662. The van der Waals surface area contributed by atoms with E-state index in [2.05, 4.69) is 18.8 Å². The van der Waals surface area contributed by atoms with Crippen LogP contribution in [0.1, 0.15) is 36.4 Å². The Labute approximate surface area is 122 Å². The highest BCUT2D eigenvalue weighted by molar-refractivity contribution is 7.21. The number of likely N-dealkylation sites (tertiary alicyclic amines) is 1. The number of nitrogens with zero attached hydrogens (tertiary/aromatic N) is 2. The molecule has 2 aromatic heterocycles. The number of piperidine rings is 1. The van der Waals surface area contributed by atoms with Gasteiger partial charge in [-0.2, -0.15) is 0 Å². The number of rotatable bonds is 1. The Bertz CT molecular complexity index is 662. The zero-order chi connectivity index (χ0) is 14.3. The van der Waals surface area contributed by atoms with Crippen LogP contribution < -0.4 is 5.73 Å². The molecule has 0 aliphatic carbocycles. The molecule has 1 aliphatic heterocycles. The van der Waals surface area contributed by atoms with Gasteiger partial charge in [-0.15, -0.1) is 11.3 Å². The van der Waals surface area contributed by atoms with Crippen LogP contribution >= 0.6 is 11.3 Å². The topological polar surface area (TPSA) is 59.2 Å². The number of thiophene rings is 1. The Hall–Kier alpha value is -1.62. The molecule has 1 fully saturated rings. The number of aromatic nitrogens is 1. The third-order valence-corrected chi connectivity index (χ3v) is 5.06. The number of nitrogen functional groups attached to an aromatic ring is 1. The van der Waals surface area contributed by atoms with Crippen LogP contribution in [0.3, 0.4) is 0 Å². The van der Waals surface area contributed by atoms with Gasteiger partial charge in [0.05, 0.1) is 10.4 Å². The molecule has 0 radical (unpaired) electrons. The fourth-order valence-electron chi connectivity index (χ4n) is 2.87. The average molecular weight is 289 g/mol. The van der Waals surface area contributed by atoms with Gasteiger partial charge >= 0.3 is 0 Å². The Kier molecular flexibility index (Phi) is 3.17. The lowest BCUT2D eigenvalue weighted by Crippen LogP contribution is -2.43. The van der Waals surface area contributed by atoms with E-state index in [4.69, 9.17) is 5.73 Å². The quantitative estimate of drug-likeness (QED) is 0.877. The Morgan fingerprint density at radius 3 is 3.00 bits per heavy atom. The number of carbonyl (C=O) groups is 1. The molecule has 0 aromatic carbocycles. The summed E-state index contributed by atoms with van der Waals surface area (Å²) < 4.78 is 0.976. The summed E-state index contributed by atoms with van der Waals surface area (Å²) in [6, 6.07) is 1.87. The van der Waals surface area contributed by atoms with Gasteiger partial charge < -0.3 is 10.6 Å². The maximum atomic E-state index is 12.7. The summed E-state index contributed by atoms with van der Waals surface area (Å²) in [5.41, 5.74) is 6.94. The van der Waals surface area contributed by atoms with Gasteiger partial charge in [0.2, 0.25) is 0 Å².